The molecule has 1 rings (SSSR count). The second kappa shape index (κ2) is 6.86. The van der Waals surface area contributed by atoms with Crippen LogP contribution in [0, 0.1) is 5.92 Å². The van der Waals surface area contributed by atoms with Crippen molar-refractivity contribution in [2.75, 3.05) is 0 Å². The number of carbonyl (C=O) groups is 1. The Kier molecular flexibility index (Phi) is 5.43. The average molecular weight is 233 g/mol. The summed E-state index contributed by atoms with van der Waals surface area (Å²) >= 11 is 0. The molecule has 0 amide bonds. The lowest BCUT2D eigenvalue weighted by atomic mass is 10.0. The number of ether oxygens (including phenoxy) is 1. The molecule has 0 heterocycles. The van der Waals surface area contributed by atoms with E-state index in [-0.39, 0.29) is 24.3 Å². The molecule has 2 N–H and O–H groups in total. The van der Waals surface area contributed by atoms with E-state index in [0.29, 0.717) is 0 Å². The summed E-state index contributed by atoms with van der Waals surface area (Å²) in [7, 11) is 0. The normalized spacial score (nSPS) is 12.9. The highest BCUT2D eigenvalue weighted by atomic mass is 16.5. The van der Waals surface area contributed by atoms with Crippen LogP contribution in [-0.2, 0) is 9.53 Å². The molecule has 0 spiro atoms. The van der Waals surface area contributed by atoms with E-state index in [2.05, 4.69) is 0 Å². The number of carbonyl (C=O) groups excluding carboxylic acids is 1. The topological polar surface area (TPSA) is 52.3 Å². The van der Waals surface area contributed by atoms with E-state index in [9.17, 15) is 4.79 Å². The molecule has 3 nitrogen and oxygen atoms in total. The summed E-state index contributed by atoms with van der Waals surface area (Å²) in [6.45, 7) is 3.97. The van der Waals surface area contributed by atoms with Gasteiger partial charge in [-0.15, -0.1) is 0 Å². The Balaban J connectivity index is 2.36. The number of nitrogens with two attached hydrogens (primary N) is 1. The molecule has 3 heteroatoms. The summed E-state index contributed by atoms with van der Waals surface area (Å²) in [6, 6.07) is 9.51. The molecule has 0 unspecified atom stereocenters. The maximum atomic E-state index is 11.4. The molecule has 1 aromatic rings. The average Bonchev–Trinajstić information content (AvgIpc) is 2.30. The molecule has 0 saturated heterocycles. The maximum Gasteiger partial charge on any atom is 0.312 e. The van der Waals surface area contributed by atoms with Gasteiger partial charge in [0.05, 0.1) is 12.7 Å². The van der Waals surface area contributed by atoms with E-state index in [0.717, 1.165) is 5.56 Å². The van der Waals surface area contributed by atoms with Gasteiger partial charge in [0.15, 0.2) is 0 Å². The van der Waals surface area contributed by atoms with Crippen LogP contribution >= 0.6 is 0 Å². The van der Waals surface area contributed by atoms with Crippen LogP contribution in [0.1, 0.15) is 25.8 Å². The van der Waals surface area contributed by atoms with Gasteiger partial charge < -0.3 is 10.5 Å². The zero-order valence-electron chi connectivity index (χ0n) is 10.3. The van der Waals surface area contributed by atoms with Gasteiger partial charge in [0.2, 0.25) is 0 Å². The largest absolute Gasteiger partial charge is 0.434 e. The quantitative estimate of drug-likeness (QED) is 0.628. The Labute approximate surface area is 102 Å². The van der Waals surface area contributed by atoms with E-state index < -0.39 is 0 Å². The van der Waals surface area contributed by atoms with Crippen molar-refractivity contribution in [3.8, 4) is 0 Å². The zero-order chi connectivity index (χ0) is 12.7. The van der Waals surface area contributed by atoms with Crippen molar-refractivity contribution in [2.45, 2.75) is 26.3 Å². The third-order valence-corrected chi connectivity index (χ3v) is 2.52. The number of hydrogen-bond donors (Lipinski definition) is 1. The summed E-state index contributed by atoms with van der Waals surface area (Å²) in [6.07, 6.45) is 3.40. The molecule has 0 saturated carbocycles. The van der Waals surface area contributed by atoms with Gasteiger partial charge in [-0.05, 0) is 17.6 Å². The van der Waals surface area contributed by atoms with E-state index in [4.69, 9.17) is 10.5 Å². The summed E-state index contributed by atoms with van der Waals surface area (Å²) in [5, 5.41) is 0. The van der Waals surface area contributed by atoms with Crippen molar-refractivity contribution in [3.63, 3.8) is 0 Å². The lowest BCUT2D eigenvalue weighted by Crippen LogP contribution is -2.29. The molecule has 1 aromatic carbocycles. The highest BCUT2D eigenvalue weighted by Crippen LogP contribution is 2.05. The van der Waals surface area contributed by atoms with Gasteiger partial charge in [-0.25, -0.2) is 0 Å². The fourth-order valence-corrected chi connectivity index (χ4v) is 1.23. The first-order valence-corrected chi connectivity index (χ1v) is 5.76. The summed E-state index contributed by atoms with van der Waals surface area (Å²) in [5.41, 5.74) is 6.77. The first-order chi connectivity index (χ1) is 8.09. The van der Waals surface area contributed by atoms with Crippen molar-refractivity contribution in [3.05, 3.63) is 42.2 Å². The fraction of sp³-hybridized carbons (Fsp3) is 0.357. The van der Waals surface area contributed by atoms with Crippen LogP contribution in [0.3, 0.4) is 0 Å². The van der Waals surface area contributed by atoms with Crippen molar-refractivity contribution in [2.24, 2.45) is 11.7 Å². The lowest BCUT2D eigenvalue weighted by Gasteiger charge is -2.13. The van der Waals surface area contributed by atoms with Crippen LogP contribution in [0.15, 0.2) is 36.6 Å². The van der Waals surface area contributed by atoms with E-state index in [1.54, 1.807) is 6.08 Å². The second-order valence-corrected chi connectivity index (χ2v) is 4.32. The molecule has 0 bridgehead atoms. The number of rotatable bonds is 5. The number of esters is 1. The standard InChI is InChI=1S/C14H19NO2/c1-11(2)13(15)10-14(16)17-9-8-12-6-4-3-5-7-12/h3-9,11,13H,10,15H2,1-2H3/b9-8+/t13-/m0/s1. The Hall–Kier alpha value is -1.61. The van der Waals surface area contributed by atoms with Gasteiger partial charge in [0.25, 0.3) is 0 Å². The molecule has 0 aliphatic carbocycles. The minimum Gasteiger partial charge on any atom is -0.434 e. The molecular weight excluding hydrogens is 214 g/mol. The highest BCUT2D eigenvalue weighted by Gasteiger charge is 2.12. The monoisotopic (exact) mass is 233 g/mol. The van der Waals surface area contributed by atoms with Gasteiger partial charge in [-0.2, -0.15) is 0 Å². The molecule has 0 fully saturated rings. The Morgan fingerprint density at radius 2 is 2.00 bits per heavy atom. The van der Waals surface area contributed by atoms with Gasteiger partial charge in [0.1, 0.15) is 0 Å². The van der Waals surface area contributed by atoms with Crippen LogP contribution in [-0.4, -0.2) is 12.0 Å². The smallest absolute Gasteiger partial charge is 0.312 e. The van der Waals surface area contributed by atoms with Gasteiger partial charge in [0, 0.05) is 6.04 Å². The van der Waals surface area contributed by atoms with Crippen molar-refractivity contribution in [1.82, 2.24) is 0 Å². The molecule has 17 heavy (non-hydrogen) atoms. The van der Waals surface area contributed by atoms with Crippen LogP contribution < -0.4 is 5.73 Å². The van der Waals surface area contributed by atoms with Crippen molar-refractivity contribution in [1.29, 1.82) is 0 Å². The van der Waals surface area contributed by atoms with E-state index >= 15 is 0 Å². The Bertz CT molecular complexity index is 371. The summed E-state index contributed by atoms with van der Waals surface area (Å²) in [5.74, 6) is -0.0148. The van der Waals surface area contributed by atoms with Crippen LogP contribution in [0.2, 0.25) is 0 Å². The minimum atomic E-state index is -0.293. The molecule has 0 aliphatic heterocycles. The zero-order valence-corrected chi connectivity index (χ0v) is 10.3. The first kappa shape index (κ1) is 13.5. The third kappa shape index (κ3) is 5.31. The summed E-state index contributed by atoms with van der Waals surface area (Å²) < 4.78 is 4.97. The van der Waals surface area contributed by atoms with Gasteiger partial charge >= 0.3 is 5.97 Å². The Morgan fingerprint density at radius 3 is 2.59 bits per heavy atom. The third-order valence-electron chi connectivity index (χ3n) is 2.52. The highest BCUT2D eigenvalue weighted by molar-refractivity contribution is 5.71. The second-order valence-electron chi connectivity index (χ2n) is 4.32. The molecule has 0 aromatic heterocycles. The maximum absolute atomic E-state index is 11.4. The number of hydrogen-bond acceptors (Lipinski definition) is 3. The predicted molar refractivity (Wildman–Crippen MR) is 69.0 cm³/mol. The van der Waals surface area contributed by atoms with E-state index in [1.807, 2.05) is 44.2 Å². The molecule has 92 valence electrons. The van der Waals surface area contributed by atoms with Crippen molar-refractivity contribution >= 4 is 12.0 Å². The van der Waals surface area contributed by atoms with E-state index in [1.165, 1.54) is 6.26 Å². The SMILES string of the molecule is CC(C)[C@@H](N)CC(=O)O/C=C/c1ccccc1. The molecule has 0 aliphatic rings. The first-order valence-electron chi connectivity index (χ1n) is 5.76. The molecule has 0 radical (unpaired) electrons. The van der Waals surface area contributed by atoms with Crippen LogP contribution in [0.25, 0.3) is 6.08 Å². The van der Waals surface area contributed by atoms with Crippen LogP contribution in [0.4, 0.5) is 0 Å². The van der Waals surface area contributed by atoms with Crippen molar-refractivity contribution < 1.29 is 9.53 Å². The molecule has 1 atom stereocenters. The van der Waals surface area contributed by atoms with Crippen LogP contribution in [0.5, 0.6) is 0 Å². The lowest BCUT2D eigenvalue weighted by molar-refractivity contribution is -0.138. The number of benzene rings is 1. The van der Waals surface area contributed by atoms with Gasteiger partial charge in [-0.3, -0.25) is 4.79 Å². The Morgan fingerprint density at radius 1 is 1.35 bits per heavy atom. The minimum absolute atomic E-state index is 0.146. The molecular formula is C14H19NO2. The fourth-order valence-electron chi connectivity index (χ4n) is 1.23. The summed E-state index contributed by atoms with van der Waals surface area (Å²) in [4.78, 5) is 11.4. The predicted octanol–water partition coefficient (Wildman–Crippen LogP) is 2.57. The van der Waals surface area contributed by atoms with Gasteiger partial charge in [-0.1, -0.05) is 44.2 Å².